The summed E-state index contributed by atoms with van der Waals surface area (Å²) in [5, 5.41) is 0. The predicted octanol–water partition coefficient (Wildman–Crippen LogP) is 8.31. The Bertz CT molecular complexity index is 1270. The van der Waals surface area contributed by atoms with Crippen LogP contribution in [0.4, 0.5) is 5.69 Å². The van der Waals surface area contributed by atoms with Gasteiger partial charge in [0.05, 0.1) is 11.4 Å². The Kier molecular flexibility index (Phi) is 5.25. The van der Waals surface area contributed by atoms with Gasteiger partial charge in [-0.05, 0) is 70.5 Å². The zero-order valence-corrected chi connectivity index (χ0v) is 18.7. The molecule has 0 N–H and O–H groups in total. The highest BCUT2D eigenvalue weighted by Gasteiger charge is 2.25. The molecule has 1 atom stereocenters. The van der Waals surface area contributed by atoms with Gasteiger partial charge in [0.1, 0.15) is 0 Å². The summed E-state index contributed by atoms with van der Waals surface area (Å²) in [4.78, 5) is 6.09. The fourth-order valence-corrected chi connectivity index (χ4v) is 4.39. The predicted molar refractivity (Wildman–Crippen MR) is 135 cm³/mol. The molecule has 0 heterocycles. The molecule has 2 heteroatoms. The van der Waals surface area contributed by atoms with Gasteiger partial charge in [0.2, 0.25) is 0 Å². The van der Waals surface area contributed by atoms with Crippen molar-refractivity contribution < 1.29 is 0 Å². The second-order valence-corrected chi connectivity index (χ2v) is 8.73. The van der Waals surface area contributed by atoms with Crippen molar-refractivity contribution in [3.05, 3.63) is 108 Å². The van der Waals surface area contributed by atoms with Gasteiger partial charge in [-0.15, -0.1) is 12.6 Å². The average Bonchev–Trinajstić information content (AvgIpc) is 3.12. The maximum absolute atomic E-state index is 5.12. The van der Waals surface area contributed by atoms with Gasteiger partial charge in [0.25, 0.3) is 0 Å². The summed E-state index contributed by atoms with van der Waals surface area (Å²) in [7, 11) is 0. The van der Waals surface area contributed by atoms with Crippen LogP contribution in [0.3, 0.4) is 0 Å². The minimum atomic E-state index is 0.570. The summed E-state index contributed by atoms with van der Waals surface area (Å²) < 4.78 is 0. The largest absolute Gasteiger partial charge is 0.248 e. The van der Waals surface area contributed by atoms with Crippen LogP contribution in [-0.2, 0) is 0 Å². The molecule has 4 aromatic carbocycles. The van der Waals surface area contributed by atoms with Gasteiger partial charge < -0.3 is 0 Å². The smallest absolute Gasteiger partial charge is 0.0794 e. The SMILES string of the molecule is CCC(C)c1ccc(/N=C2/c3ccccc3-c3ccc(-c4ccc(S)cc4)cc32)cc1. The van der Waals surface area contributed by atoms with Gasteiger partial charge in [-0.3, -0.25) is 0 Å². The van der Waals surface area contributed by atoms with Crippen molar-refractivity contribution in [2.24, 2.45) is 4.99 Å². The maximum Gasteiger partial charge on any atom is 0.0794 e. The molecule has 0 aliphatic heterocycles. The lowest BCUT2D eigenvalue weighted by Gasteiger charge is -2.09. The first-order chi connectivity index (χ1) is 15.1. The first-order valence-electron chi connectivity index (χ1n) is 10.9. The van der Waals surface area contributed by atoms with Gasteiger partial charge >= 0.3 is 0 Å². The van der Waals surface area contributed by atoms with Crippen LogP contribution >= 0.6 is 12.6 Å². The molecule has 1 aliphatic rings. The molecular weight excluding hydrogens is 394 g/mol. The zero-order chi connectivity index (χ0) is 21.4. The molecular formula is C29H25NS. The Morgan fingerprint density at radius 3 is 2.06 bits per heavy atom. The van der Waals surface area contributed by atoms with Crippen LogP contribution in [0, 0.1) is 0 Å². The fourth-order valence-electron chi connectivity index (χ4n) is 4.24. The third-order valence-electron chi connectivity index (χ3n) is 6.26. The second-order valence-electron chi connectivity index (χ2n) is 8.21. The Morgan fingerprint density at radius 1 is 0.710 bits per heavy atom. The minimum Gasteiger partial charge on any atom is -0.248 e. The summed E-state index contributed by atoms with van der Waals surface area (Å²) in [6.07, 6.45) is 1.14. The number of thiol groups is 1. The van der Waals surface area contributed by atoms with Crippen LogP contribution in [0.1, 0.15) is 42.9 Å². The van der Waals surface area contributed by atoms with E-state index in [1.807, 2.05) is 12.1 Å². The first-order valence-corrected chi connectivity index (χ1v) is 11.3. The van der Waals surface area contributed by atoms with Crippen LogP contribution in [0.25, 0.3) is 22.3 Å². The van der Waals surface area contributed by atoms with Crippen molar-refractivity contribution in [3.63, 3.8) is 0 Å². The van der Waals surface area contributed by atoms with Crippen LogP contribution in [-0.4, -0.2) is 5.71 Å². The summed E-state index contributed by atoms with van der Waals surface area (Å²) in [6.45, 7) is 4.50. The van der Waals surface area contributed by atoms with Crippen LogP contribution in [0.5, 0.6) is 0 Å². The van der Waals surface area contributed by atoms with Crippen molar-refractivity contribution in [1.82, 2.24) is 0 Å². The molecule has 1 aliphatic carbocycles. The summed E-state index contributed by atoms with van der Waals surface area (Å²) in [5.74, 6) is 0.570. The standard InChI is InChI=1S/C29H25NS/c1-3-19(2)20-8-13-23(14-9-20)30-29-27-7-5-4-6-25(27)26-17-12-22(18-28(26)29)21-10-15-24(31)16-11-21/h4-19,31H,3H2,1-2H3/b30-29-. The third kappa shape index (κ3) is 3.73. The number of fused-ring (bicyclic) bond motifs is 3. The number of benzene rings is 4. The van der Waals surface area contributed by atoms with Gasteiger partial charge in [-0.1, -0.05) is 74.5 Å². The Morgan fingerprint density at radius 2 is 1.35 bits per heavy atom. The van der Waals surface area contributed by atoms with Gasteiger partial charge in [-0.25, -0.2) is 4.99 Å². The summed E-state index contributed by atoms with van der Waals surface area (Å²) in [6, 6.07) is 32.3. The molecule has 0 fully saturated rings. The molecule has 0 saturated carbocycles. The topological polar surface area (TPSA) is 12.4 Å². The highest BCUT2D eigenvalue weighted by molar-refractivity contribution is 7.80. The quantitative estimate of drug-likeness (QED) is 0.281. The van der Waals surface area contributed by atoms with E-state index < -0.39 is 0 Å². The Hall–Kier alpha value is -3.10. The van der Waals surface area contributed by atoms with Crippen LogP contribution in [0.15, 0.2) is 101 Å². The molecule has 1 nitrogen and oxygen atoms in total. The maximum atomic E-state index is 5.12. The molecule has 0 amide bonds. The monoisotopic (exact) mass is 419 g/mol. The van der Waals surface area contributed by atoms with Crippen molar-refractivity contribution in [2.45, 2.75) is 31.1 Å². The lowest BCUT2D eigenvalue weighted by Crippen LogP contribution is -1.98. The molecule has 31 heavy (non-hydrogen) atoms. The van der Waals surface area contributed by atoms with E-state index in [9.17, 15) is 0 Å². The normalized spacial score (nSPS) is 14.4. The minimum absolute atomic E-state index is 0.570. The molecule has 0 saturated heterocycles. The van der Waals surface area contributed by atoms with Crippen molar-refractivity contribution >= 4 is 24.0 Å². The molecule has 0 bridgehead atoms. The van der Waals surface area contributed by atoms with Crippen LogP contribution < -0.4 is 0 Å². The highest BCUT2D eigenvalue weighted by atomic mass is 32.1. The lowest BCUT2D eigenvalue weighted by molar-refractivity contribution is 0.734. The van der Waals surface area contributed by atoms with Crippen LogP contribution in [0.2, 0.25) is 0 Å². The van der Waals surface area contributed by atoms with Crippen molar-refractivity contribution in [3.8, 4) is 22.3 Å². The summed E-state index contributed by atoms with van der Waals surface area (Å²) in [5.41, 5.74) is 10.7. The van der Waals surface area contributed by atoms with E-state index in [0.717, 1.165) is 22.7 Å². The Labute approximate surface area is 189 Å². The molecule has 5 rings (SSSR count). The average molecular weight is 420 g/mol. The number of aliphatic imine (C=N–C) groups is 1. The number of rotatable bonds is 4. The van der Waals surface area contributed by atoms with Gasteiger partial charge in [0.15, 0.2) is 0 Å². The number of nitrogens with zero attached hydrogens (tertiary/aromatic N) is 1. The molecule has 0 spiro atoms. The molecule has 1 unspecified atom stereocenters. The van der Waals surface area contributed by atoms with E-state index in [0.29, 0.717) is 5.92 Å². The molecule has 0 aromatic heterocycles. The lowest BCUT2D eigenvalue weighted by atomic mass is 9.98. The van der Waals surface area contributed by atoms with E-state index >= 15 is 0 Å². The Balaban J connectivity index is 1.62. The first kappa shape index (κ1) is 19.8. The van der Waals surface area contributed by atoms with E-state index in [4.69, 9.17) is 4.99 Å². The third-order valence-corrected chi connectivity index (χ3v) is 6.56. The van der Waals surface area contributed by atoms with Crippen molar-refractivity contribution in [2.75, 3.05) is 0 Å². The molecule has 4 aromatic rings. The van der Waals surface area contributed by atoms with Gasteiger partial charge in [0, 0.05) is 16.0 Å². The molecule has 152 valence electrons. The number of hydrogen-bond acceptors (Lipinski definition) is 2. The van der Waals surface area contributed by atoms with E-state index in [-0.39, 0.29) is 0 Å². The van der Waals surface area contributed by atoms with E-state index in [2.05, 4.69) is 105 Å². The zero-order valence-electron chi connectivity index (χ0n) is 17.8. The fraction of sp³-hybridized carbons (Fsp3) is 0.138. The van der Waals surface area contributed by atoms with E-state index in [1.165, 1.54) is 38.9 Å². The number of hydrogen-bond donors (Lipinski definition) is 1. The molecule has 0 radical (unpaired) electrons. The summed E-state index contributed by atoms with van der Waals surface area (Å²) >= 11 is 4.42. The van der Waals surface area contributed by atoms with Gasteiger partial charge in [-0.2, -0.15) is 0 Å². The van der Waals surface area contributed by atoms with E-state index in [1.54, 1.807) is 0 Å². The van der Waals surface area contributed by atoms with Crippen molar-refractivity contribution in [1.29, 1.82) is 0 Å². The second kappa shape index (κ2) is 8.20. The highest BCUT2D eigenvalue weighted by Crippen LogP contribution is 2.40.